The third kappa shape index (κ3) is 2.66. The highest BCUT2D eigenvalue weighted by molar-refractivity contribution is 6.20. The molecule has 3 aliphatic heterocycles. The number of carbonyl (C=O) groups is 3. The Labute approximate surface area is 177 Å². The normalized spacial score (nSPS) is 27.2. The summed E-state index contributed by atoms with van der Waals surface area (Å²) in [6.07, 6.45) is 0.566. The Morgan fingerprint density at radius 3 is 2.58 bits per heavy atom. The van der Waals surface area contributed by atoms with E-state index in [9.17, 15) is 24.5 Å². The number of amides is 4. The first kappa shape index (κ1) is 19.2. The van der Waals surface area contributed by atoms with Gasteiger partial charge in [0.2, 0.25) is 11.8 Å². The molecule has 3 aliphatic rings. The fourth-order valence-electron chi connectivity index (χ4n) is 5.29. The summed E-state index contributed by atoms with van der Waals surface area (Å²) < 4.78 is 0. The van der Waals surface area contributed by atoms with E-state index >= 15 is 0 Å². The molecule has 0 aromatic heterocycles. The number of hydrogen-bond acceptors (Lipinski definition) is 6. The quantitative estimate of drug-likeness (QED) is 0.453. The molecule has 0 saturated carbocycles. The van der Waals surface area contributed by atoms with Gasteiger partial charge in [-0.1, -0.05) is 30.3 Å². The largest absolute Gasteiger partial charge is 0.366 e. The molecule has 0 aliphatic carbocycles. The van der Waals surface area contributed by atoms with E-state index in [1.54, 1.807) is 6.07 Å². The molecule has 3 heterocycles. The van der Waals surface area contributed by atoms with Crippen LogP contribution in [0.2, 0.25) is 0 Å². The van der Waals surface area contributed by atoms with Crippen LogP contribution in [0.1, 0.15) is 23.5 Å². The van der Waals surface area contributed by atoms with Crippen molar-refractivity contribution in [2.24, 2.45) is 5.41 Å². The predicted molar refractivity (Wildman–Crippen MR) is 110 cm³/mol. The lowest BCUT2D eigenvalue weighted by atomic mass is 9.68. The summed E-state index contributed by atoms with van der Waals surface area (Å²) in [5, 5.41) is 13.7. The van der Waals surface area contributed by atoms with Gasteiger partial charge in [-0.25, -0.2) is 4.79 Å². The third-order valence-electron chi connectivity index (χ3n) is 6.81. The van der Waals surface area contributed by atoms with Gasteiger partial charge in [-0.05, 0) is 23.6 Å². The van der Waals surface area contributed by atoms with Gasteiger partial charge in [0.25, 0.3) is 5.69 Å². The maximum Gasteiger partial charge on any atom is 0.330 e. The van der Waals surface area contributed by atoms with Gasteiger partial charge in [0.1, 0.15) is 0 Å². The maximum absolute atomic E-state index is 13.4. The van der Waals surface area contributed by atoms with Crippen LogP contribution in [0.4, 0.5) is 16.2 Å². The predicted octanol–water partition coefficient (Wildman–Crippen LogP) is 2.21. The van der Waals surface area contributed by atoms with E-state index in [1.165, 1.54) is 19.2 Å². The molecule has 9 heteroatoms. The monoisotopic (exact) mass is 420 g/mol. The van der Waals surface area contributed by atoms with Crippen LogP contribution in [0.15, 0.2) is 48.5 Å². The Morgan fingerprint density at radius 1 is 1.13 bits per heavy atom. The summed E-state index contributed by atoms with van der Waals surface area (Å²) >= 11 is 0. The minimum atomic E-state index is -1.52. The van der Waals surface area contributed by atoms with E-state index in [-0.39, 0.29) is 18.0 Å². The number of imide groups is 2. The van der Waals surface area contributed by atoms with Crippen molar-refractivity contribution in [1.29, 1.82) is 0 Å². The number of nitrogens with one attached hydrogen (secondary N) is 1. The Bertz CT molecular complexity index is 1130. The zero-order chi connectivity index (χ0) is 21.9. The fourth-order valence-corrected chi connectivity index (χ4v) is 5.29. The summed E-state index contributed by atoms with van der Waals surface area (Å²) in [5.41, 5.74) is 0.835. The summed E-state index contributed by atoms with van der Waals surface area (Å²) in [5.74, 6) is -1.13. The highest BCUT2D eigenvalue weighted by Gasteiger charge is 2.63. The number of non-ortho nitro benzene ring substituents is 1. The second-order valence-corrected chi connectivity index (χ2v) is 8.35. The number of benzene rings is 2. The van der Waals surface area contributed by atoms with Gasteiger partial charge in [-0.15, -0.1) is 0 Å². The molecule has 31 heavy (non-hydrogen) atoms. The molecule has 0 radical (unpaired) electrons. The lowest BCUT2D eigenvalue weighted by Gasteiger charge is -2.48. The van der Waals surface area contributed by atoms with Crippen molar-refractivity contribution >= 4 is 29.2 Å². The minimum Gasteiger partial charge on any atom is -0.366 e. The SMILES string of the molecule is CN1C(=O)NC(=O)[C@]2(Cc3cc([N+](=O)[O-])ccc3N3C[C@H](c4ccccc4)C[C@H]32)C1=O. The van der Waals surface area contributed by atoms with Crippen molar-refractivity contribution in [1.82, 2.24) is 10.2 Å². The molecule has 0 bridgehead atoms. The van der Waals surface area contributed by atoms with Gasteiger partial charge >= 0.3 is 6.03 Å². The summed E-state index contributed by atoms with van der Waals surface area (Å²) in [6.45, 7) is 0.569. The number of hydrogen-bond donors (Lipinski definition) is 1. The number of anilines is 1. The van der Waals surface area contributed by atoms with Crippen molar-refractivity contribution in [2.45, 2.75) is 24.8 Å². The zero-order valence-electron chi connectivity index (χ0n) is 16.8. The van der Waals surface area contributed by atoms with Crippen LogP contribution >= 0.6 is 0 Å². The van der Waals surface area contributed by atoms with Crippen molar-refractivity contribution in [3.8, 4) is 0 Å². The average molecular weight is 420 g/mol. The van der Waals surface area contributed by atoms with Crippen LogP contribution in [0.5, 0.6) is 0 Å². The number of fused-ring (bicyclic) bond motifs is 4. The van der Waals surface area contributed by atoms with Gasteiger partial charge in [-0.3, -0.25) is 29.9 Å². The van der Waals surface area contributed by atoms with Crippen LogP contribution in [0.25, 0.3) is 0 Å². The molecule has 158 valence electrons. The summed E-state index contributed by atoms with van der Waals surface area (Å²) in [6, 6.07) is 13.2. The molecule has 5 rings (SSSR count). The molecule has 4 amide bonds. The van der Waals surface area contributed by atoms with Gasteiger partial charge < -0.3 is 4.90 Å². The van der Waals surface area contributed by atoms with Gasteiger partial charge in [0.15, 0.2) is 5.41 Å². The minimum absolute atomic E-state index is 0.00891. The molecule has 2 aromatic carbocycles. The Balaban J connectivity index is 1.67. The first-order valence-corrected chi connectivity index (χ1v) is 10.1. The van der Waals surface area contributed by atoms with Crippen molar-refractivity contribution in [2.75, 3.05) is 18.5 Å². The molecule has 3 atom stereocenters. The lowest BCUT2D eigenvalue weighted by Crippen LogP contribution is -2.70. The maximum atomic E-state index is 13.4. The number of nitro groups is 1. The molecule has 2 aromatic rings. The number of carbonyl (C=O) groups excluding carboxylic acids is 3. The van der Waals surface area contributed by atoms with Gasteiger partial charge in [-0.2, -0.15) is 0 Å². The van der Waals surface area contributed by atoms with Crippen LogP contribution < -0.4 is 10.2 Å². The van der Waals surface area contributed by atoms with E-state index < -0.39 is 34.2 Å². The second kappa shape index (κ2) is 6.63. The first-order chi connectivity index (χ1) is 14.8. The second-order valence-electron chi connectivity index (χ2n) is 8.35. The Hall–Kier alpha value is -3.75. The number of urea groups is 1. The highest BCUT2D eigenvalue weighted by atomic mass is 16.6. The van der Waals surface area contributed by atoms with E-state index in [1.807, 2.05) is 35.2 Å². The molecular formula is C22H20N4O5. The van der Waals surface area contributed by atoms with E-state index in [4.69, 9.17) is 0 Å². The first-order valence-electron chi connectivity index (χ1n) is 10.1. The average Bonchev–Trinajstić information content (AvgIpc) is 3.22. The molecule has 1 N–H and O–H groups in total. The number of barbiturate groups is 1. The summed E-state index contributed by atoms with van der Waals surface area (Å²) in [4.78, 5) is 52.5. The van der Waals surface area contributed by atoms with Crippen molar-refractivity contribution in [3.63, 3.8) is 0 Å². The van der Waals surface area contributed by atoms with Crippen LogP contribution in [0, 0.1) is 15.5 Å². The molecule has 2 saturated heterocycles. The third-order valence-corrected chi connectivity index (χ3v) is 6.81. The standard InChI is InChI=1S/C22H20N4O5/c1-24-20(28)22(19(27)23-21(24)29)11-14-9-16(26(30)31)7-8-17(14)25-12-15(10-18(22)25)13-5-3-2-4-6-13/h2-9,15,18H,10-12H2,1H3,(H,23,27,29)/t15-,18+,22-/m1/s1. The van der Waals surface area contributed by atoms with Gasteiger partial charge in [0, 0.05) is 43.8 Å². The highest BCUT2D eigenvalue weighted by Crippen LogP contribution is 2.51. The topological polar surface area (TPSA) is 113 Å². The number of nitro benzene ring substituents is 1. The lowest BCUT2D eigenvalue weighted by molar-refractivity contribution is -0.384. The van der Waals surface area contributed by atoms with Crippen LogP contribution in [-0.2, 0) is 16.0 Å². The Morgan fingerprint density at radius 2 is 1.87 bits per heavy atom. The molecule has 9 nitrogen and oxygen atoms in total. The van der Waals surface area contributed by atoms with Crippen LogP contribution in [0.3, 0.4) is 0 Å². The van der Waals surface area contributed by atoms with Gasteiger partial charge in [0.05, 0.1) is 11.0 Å². The van der Waals surface area contributed by atoms with Crippen molar-refractivity contribution in [3.05, 3.63) is 69.8 Å². The van der Waals surface area contributed by atoms with Crippen LogP contribution in [-0.4, -0.2) is 47.3 Å². The van der Waals surface area contributed by atoms with E-state index in [0.29, 0.717) is 18.5 Å². The number of nitrogens with zero attached hydrogens (tertiary/aromatic N) is 3. The van der Waals surface area contributed by atoms with E-state index in [0.717, 1.165) is 16.2 Å². The molecule has 2 fully saturated rings. The van der Waals surface area contributed by atoms with E-state index in [2.05, 4.69) is 5.32 Å². The zero-order valence-corrected chi connectivity index (χ0v) is 16.8. The summed E-state index contributed by atoms with van der Waals surface area (Å²) in [7, 11) is 1.35. The number of rotatable bonds is 2. The fraction of sp³-hybridized carbons (Fsp3) is 0.318. The molecule has 1 spiro atoms. The Kier molecular flexibility index (Phi) is 4.11. The smallest absolute Gasteiger partial charge is 0.330 e. The van der Waals surface area contributed by atoms with Crippen molar-refractivity contribution < 1.29 is 19.3 Å². The molecular weight excluding hydrogens is 400 g/mol. The molecule has 0 unspecified atom stereocenters.